The van der Waals surface area contributed by atoms with Crippen molar-refractivity contribution in [2.24, 2.45) is 17.0 Å². The number of nitrogens with zero attached hydrogens (tertiary/aromatic N) is 3. The molecule has 0 bridgehead atoms. The molecule has 1 aliphatic heterocycles. The molecule has 0 aromatic heterocycles. The summed E-state index contributed by atoms with van der Waals surface area (Å²) in [6, 6.07) is 0. The minimum Gasteiger partial charge on any atom is -0.462 e. The van der Waals surface area contributed by atoms with Crippen molar-refractivity contribution in [2.75, 3.05) is 6.54 Å². The highest BCUT2D eigenvalue weighted by atomic mass is 16.5. The van der Waals surface area contributed by atoms with E-state index in [1.807, 2.05) is 71.1 Å². The zero-order valence-corrected chi connectivity index (χ0v) is 27.0. The number of azide groups is 1. The normalized spacial score (nSPS) is 24.8. The molecule has 1 aliphatic rings. The third kappa shape index (κ3) is 17.0. The minimum atomic E-state index is -1.06. The molecule has 0 aliphatic carbocycles. The number of carbonyl (C=O) groups is 2. The van der Waals surface area contributed by atoms with Crippen LogP contribution in [0.25, 0.3) is 10.4 Å². The van der Waals surface area contributed by atoms with Gasteiger partial charge in [0.2, 0.25) is 0 Å². The summed E-state index contributed by atoms with van der Waals surface area (Å²) in [5, 5.41) is 32.9. The zero-order chi connectivity index (χ0) is 33.1. The smallest absolute Gasteiger partial charge is 0.331 e. The third-order valence-electron chi connectivity index (χ3n) is 7.23. The summed E-state index contributed by atoms with van der Waals surface area (Å²) in [6.45, 7) is 11.4. The van der Waals surface area contributed by atoms with Gasteiger partial charge in [0.25, 0.3) is 0 Å². The number of aliphatic hydroxyl groups excluding tert-OH is 3. The summed E-state index contributed by atoms with van der Waals surface area (Å²) in [6.07, 6.45) is 15.2. The number of hydrogen-bond donors (Lipinski definition) is 3. The van der Waals surface area contributed by atoms with Crippen molar-refractivity contribution in [1.29, 1.82) is 0 Å². The van der Waals surface area contributed by atoms with Crippen LogP contribution in [0.4, 0.5) is 0 Å². The molecule has 1 unspecified atom stereocenters. The van der Waals surface area contributed by atoms with Crippen LogP contribution >= 0.6 is 0 Å². The molecular formula is C34H51N3O7. The Bertz CT molecular complexity index is 1150. The maximum Gasteiger partial charge on any atom is 0.331 e. The second kappa shape index (κ2) is 21.3. The molecule has 0 amide bonds. The third-order valence-corrected chi connectivity index (χ3v) is 7.23. The molecule has 1 heterocycles. The van der Waals surface area contributed by atoms with Gasteiger partial charge in [0, 0.05) is 36.8 Å². The highest BCUT2D eigenvalue weighted by Crippen LogP contribution is 2.22. The molecule has 44 heavy (non-hydrogen) atoms. The first kappa shape index (κ1) is 38.6. The Hall–Kier alpha value is -3.43. The van der Waals surface area contributed by atoms with Gasteiger partial charge >= 0.3 is 11.9 Å². The fraction of sp³-hybridized carbons (Fsp3) is 0.588. The monoisotopic (exact) mass is 613 g/mol. The molecule has 244 valence electrons. The summed E-state index contributed by atoms with van der Waals surface area (Å²) in [5.74, 6) is -0.794. The largest absolute Gasteiger partial charge is 0.462 e. The van der Waals surface area contributed by atoms with E-state index in [-0.39, 0.29) is 49.4 Å². The van der Waals surface area contributed by atoms with Crippen molar-refractivity contribution in [3.8, 4) is 0 Å². The van der Waals surface area contributed by atoms with Crippen molar-refractivity contribution in [2.45, 2.75) is 111 Å². The fourth-order valence-corrected chi connectivity index (χ4v) is 4.63. The molecule has 10 heteroatoms. The second-order valence-electron chi connectivity index (χ2n) is 11.8. The van der Waals surface area contributed by atoms with Gasteiger partial charge in [-0.2, -0.15) is 0 Å². The lowest BCUT2D eigenvalue weighted by atomic mass is 9.94. The van der Waals surface area contributed by atoms with Gasteiger partial charge in [0.05, 0.1) is 18.3 Å². The van der Waals surface area contributed by atoms with Crippen LogP contribution in [0.15, 0.2) is 76.5 Å². The summed E-state index contributed by atoms with van der Waals surface area (Å²) in [7, 11) is 0. The van der Waals surface area contributed by atoms with Crippen LogP contribution in [0, 0.1) is 11.8 Å². The van der Waals surface area contributed by atoms with Crippen LogP contribution in [0.1, 0.15) is 80.1 Å². The second-order valence-corrected chi connectivity index (χ2v) is 11.8. The fourth-order valence-electron chi connectivity index (χ4n) is 4.63. The van der Waals surface area contributed by atoms with Crippen LogP contribution in [0.3, 0.4) is 0 Å². The standard InChI is InChI=1S/C34H51N3O7/c1-23(11-9-12-24(2)20-29(39)30(40)21-28(6)38)19-25(3)17-18-34(42)43-31-15-10-16-33(41)44-32(27(5)22-36-37-35)14-8-7-13-26(31)4/h7-9,11-12,17-20,26-32,38-40H,10,13-16,21-22H2,1-6H3/b8-7+,12-9+,18-17+,23-11+,24-20+,25-19+/t26-,27-,28-,29-,30-,31-,32?/m0/s1. The molecule has 0 spiro atoms. The highest BCUT2D eigenvalue weighted by Gasteiger charge is 2.24. The maximum atomic E-state index is 12.7. The van der Waals surface area contributed by atoms with E-state index in [1.54, 1.807) is 19.1 Å². The van der Waals surface area contributed by atoms with E-state index in [1.165, 1.54) is 6.08 Å². The number of rotatable bonds is 13. The Kier molecular flexibility index (Phi) is 18.7. The Balaban J connectivity index is 2.75. The molecule has 0 saturated heterocycles. The number of allylic oxidation sites excluding steroid dienone is 9. The first-order valence-electron chi connectivity index (χ1n) is 15.3. The quantitative estimate of drug-likeness (QED) is 0.0414. The highest BCUT2D eigenvalue weighted by molar-refractivity contribution is 5.82. The van der Waals surface area contributed by atoms with Crippen LogP contribution < -0.4 is 0 Å². The number of carbonyl (C=O) groups excluding carboxylic acids is 2. The molecule has 0 aromatic carbocycles. The van der Waals surface area contributed by atoms with Crippen molar-refractivity contribution < 1.29 is 34.4 Å². The number of ether oxygens (including phenoxy) is 2. The van der Waals surface area contributed by atoms with Crippen molar-refractivity contribution in [3.05, 3.63) is 81.8 Å². The van der Waals surface area contributed by atoms with Crippen LogP contribution in [0.2, 0.25) is 0 Å². The summed E-state index contributed by atoms with van der Waals surface area (Å²) < 4.78 is 11.4. The van der Waals surface area contributed by atoms with Gasteiger partial charge in [0.1, 0.15) is 12.2 Å². The summed E-state index contributed by atoms with van der Waals surface area (Å²) >= 11 is 0. The zero-order valence-electron chi connectivity index (χ0n) is 27.0. The molecule has 0 radical (unpaired) electrons. The lowest BCUT2D eigenvalue weighted by molar-refractivity contribution is -0.151. The van der Waals surface area contributed by atoms with E-state index in [0.29, 0.717) is 25.7 Å². The van der Waals surface area contributed by atoms with Crippen LogP contribution in [0.5, 0.6) is 0 Å². The molecule has 7 atom stereocenters. The van der Waals surface area contributed by atoms with Crippen molar-refractivity contribution in [1.82, 2.24) is 0 Å². The van der Waals surface area contributed by atoms with E-state index in [9.17, 15) is 24.9 Å². The van der Waals surface area contributed by atoms with E-state index in [0.717, 1.165) is 16.7 Å². The number of esters is 2. The Morgan fingerprint density at radius 2 is 1.82 bits per heavy atom. The first-order valence-corrected chi connectivity index (χ1v) is 15.3. The van der Waals surface area contributed by atoms with Gasteiger partial charge < -0.3 is 24.8 Å². The molecule has 0 aromatic rings. The predicted octanol–water partition coefficient (Wildman–Crippen LogP) is 6.36. The first-order chi connectivity index (χ1) is 20.8. The van der Waals surface area contributed by atoms with Gasteiger partial charge in [-0.25, -0.2) is 4.79 Å². The molecule has 0 fully saturated rings. The Morgan fingerprint density at radius 3 is 2.50 bits per heavy atom. The minimum absolute atomic E-state index is 0.0619. The lowest BCUT2D eigenvalue weighted by Crippen LogP contribution is -2.28. The van der Waals surface area contributed by atoms with Gasteiger partial charge in [-0.05, 0) is 64.3 Å². The molecule has 1 rings (SSSR count). The molecular weight excluding hydrogens is 562 g/mol. The van der Waals surface area contributed by atoms with Crippen LogP contribution in [-0.4, -0.2) is 64.3 Å². The molecule has 0 saturated carbocycles. The van der Waals surface area contributed by atoms with E-state index < -0.39 is 24.3 Å². The van der Waals surface area contributed by atoms with Gasteiger partial charge in [-0.1, -0.05) is 84.3 Å². The van der Waals surface area contributed by atoms with Gasteiger partial charge in [-0.15, -0.1) is 0 Å². The van der Waals surface area contributed by atoms with Crippen molar-refractivity contribution >= 4 is 11.9 Å². The molecule has 10 nitrogen and oxygen atoms in total. The predicted molar refractivity (Wildman–Crippen MR) is 172 cm³/mol. The Labute approximate surface area is 262 Å². The van der Waals surface area contributed by atoms with E-state index in [2.05, 4.69) is 10.0 Å². The van der Waals surface area contributed by atoms with E-state index in [4.69, 9.17) is 15.0 Å². The summed E-state index contributed by atoms with van der Waals surface area (Å²) in [5.41, 5.74) is 11.2. The summed E-state index contributed by atoms with van der Waals surface area (Å²) in [4.78, 5) is 27.9. The topological polar surface area (TPSA) is 162 Å². The van der Waals surface area contributed by atoms with Gasteiger partial charge in [0.15, 0.2) is 0 Å². The number of aliphatic hydroxyl groups is 3. The Morgan fingerprint density at radius 1 is 1.11 bits per heavy atom. The lowest BCUT2D eigenvalue weighted by Gasteiger charge is -2.25. The van der Waals surface area contributed by atoms with Gasteiger partial charge in [-0.3, -0.25) is 4.79 Å². The average Bonchev–Trinajstić information content (AvgIpc) is 2.94. The van der Waals surface area contributed by atoms with Crippen molar-refractivity contribution in [3.63, 3.8) is 0 Å². The van der Waals surface area contributed by atoms with E-state index >= 15 is 0 Å². The number of hydrogen-bond acceptors (Lipinski definition) is 8. The average molecular weight is 614 g/mol. The molecule has 3 N–H and O–H groups in total. The van der Waals surface area contributed by atoms with Crippen LogP contribution in [-0.2, 0) is 19.1 Å². The maximum absolute atomic E-state index is 12.7. The SMILES string of the molecule is CC(=C\C=C\C(C)=C\[C@H](O)[C@@H](O)C[C@H](C)O)/C=C(C)/C=C/C(=O)O[C@H]1CCCC(=O)OC([C@@H](C)CN=[N+]=[N-])C/C=C/C[C@@H]1C. The number of cyclic esters (lactones) is 1.